The zero-order valence-corrected chi connectivity index (χ0v) is 26.5. The number of hydrogen-bond donors (Lipinski definition) is 1. The molecular formula is C31H32Cl2F3NO6S. The standard InChI is InChI=1S/C17H11Cl2F3O5.C14H21NOS/c1-8(15(23)24)26-16(25)11-7-10(3-4-12(11)18)27-14-5-2-9(6-13(14)19)17(20,21)22;1-3-10-15(11-4-2)14(16)17-12-13-8-6-5-7-9-13/h2-8H,1H3,(H,23,24);5-9H,3-4,10-12H2,1-2H3/t8-;/m0./s1. The molecule has 1 atom stereocenters. The molecule has 7 nitrogen and oxygen atoms in total. The molecule has 0 saturated heterocycles. The predicted octanol–water partition coefficient (Wildman–Crippen LogP) is 9.60. The Labute approximate surface area is 268 Å². The number of hydrogen-bond acceptors (Lipinski definition) is 6. The maximum atomic E-state index is 12.7. The first kappa shape index (κ1) is 36.8. The number of esters is 1. The molecule has 0 spiro atoms. The summed E-state index contributed by atoms with van der Waals surface area (Å²) in [4.78, 5) is 36.7. The van der Waals surface area contributed by atoms with Crippen molar-refractivity contribution in [3.8, 4) is 11.5 Å². The van der Waals surface area contributed by atoms with Crippen molar-refractivity contribution in [2.24, 2.45) is 0 Å². The number of carbonyl (C=O) groups excluding carboxylic acids is 2. The van der Waals surface area contributed by atoms with E-state index in [1.165, 1.54) is 29.5 Å². The lowest BCUT2D eigenvalue weighted by atomic mass is 10.2. The van der Waals surface area contributed by atoms with E-state index in [0.717, 1.165) is 56.8 Å². The van der Waals surface area contributed by atoms with Gasteiger partial charge in [0.1, 0.15) is 11.5 Å². The van der Waals surface area contributed by atoms with Gasteiger partial charge in [0.2, 0.25) is 0 Å². The quantitative estimate of drug-likeness (QED) is 0.203. The Morgan fingerprint density at radius 2 is 1.57 bits per heavy atom. The molecule has 238 valence electrons. The highest BCUT2D eigenvalue weighted by Crippen LogP contribution is 2.37. The van der Waals surface area contributed by atoms with Crippen LogP contribution in [0.2, 0.25) is 10.0 Å². The minimum atomic E-state index is -4.56. The molecule has 0 saturated carbocycles. The van der Waals surface area contributed by atoms with Crippen LogP contribution in [0, 0.1) is 0 Å². The number of alkyl halides is 3. The Morgan fingerprint density at radius 3 is 2.11 bits per heavy atom. The molecule has 0 unspecified atom stereocenters. The number of halogens is 5. The molecule has 3 aromatic rings. The van der Waals surface area contributed by atoms with Crippen molar-refractivity contribution in [1.82, 2.24) is 4.90 Å². The number of amides is 1. The molecule has 3 rings (SSSR count). The molecule has 44 heavy (non-hydrogen) atoms. The average molecular weight is 675 g/mol. The summed E-state index contributed by atoms with van der Waals surface area (Å²) in [5.74, 6) is -1.62. The van der Waals surface area contributed by atoms with Crippen LogP contribution in [0.3, 0.4) is 0 Å². The van der Waals surface area contributed by atoms with E-state index in [1.54, 1.807) is 0 Å². The highest BCUT2D eigenvalue weighted by atomic mass is 35.5. The van der Waals surface area contributed by atoms with E-state index < -0.39 is 29.8 Å². The van der Waals surface area contributed by atoms with Crippen LogP contribution in [0.25, 0.3) is 0 Å². The Bertz CT molecular complexity index is 1400. The average Bonchev–Trinajstić information content (AvgIpc) is 2.98. The number of rotatable bonds is 11. The normalized spacial score (nSPS) is 11.5. The van der Waals surface area contributed by atoms with Gasteiger partial charge >= 0.3 is 18.1 Å². The van der Waals surface area contributed by atoms with Crippen molar-refractivity contribution in [1.29, 1.82) is 0 Å². The SMILES string of the molecule is CCCN(CCC)C(=O)SCc1ccccc1.C[C@H](OC(=O)c1cc(Oc2ccc(C(F)(F)F)cc2Cl)ccc1Cl)C(=O)O. The second-order valence-electron chi connectivity index (χ2n) is 9.30. The Balaban J connectivity index is 0.000000342. The molecule has 0 aliphatic rings. The molecule has 0 aliphatic carbocycles. The first-order valence-electron chi connectivity index (χ1n) is 13.5. The van der Waals surface area contributed by atoms with Crippen LogP contribution in [0.5, 0.6) is 11.5 Å². The second kappa shape index (κ2) is 17.8. The van der Waals surface area contributed by atoms with Gasteiger partial charge in [-0.05, 0) is 61.7 Å². The third-order valence-corrected chi connectivity index (χ3v) is 7.33. The molecule has 1 amide bonds. The maximum absolute atomic E-state index is 12.7. The first-order valence-corrected chi connectivity index (χ1v) is 15.2. The summed E-state index contributed by atoms with van der Waals surface area (Å²) in [5.41, 5.74) is 0.0898. The Kier molecular flexibility index (Phi) is 14.9. The number of carboxylic acid groups (broad SMARTS) is 1. The summed E-state index contributed by atoms with van der Waals surface area (Å²) in [6.45, 7) is 7.12. The number of ether oxygens (including phenoxy) is 2. The third-order valence-electron chi connectivity index (χ3n) is 5.73. The van der Waals surface area contributed by atoms with Crippen LogP contribution >= 0.6 is 35.0 Å². The van der Waals surface area contributed by atoms with Gasteiger partial charge in [-0.1, -0.05) is 79.1 Å². The highest BCUT2D eigenvalue weighted by molar-refractivity contribution is 8.12. The first-order chi connectivity index (χ1) is 20.8. The van der Waals surface area contributed by atoms with Crippen LogP contribution in [-0.4, -0.2) is 46.4 Å². The minimum Gasteiger partial charge on any atom is -0.479 e. The van der Waals surface area contributed by atoms with Crippen molar-refractivity contribution in [2.75, 3.05) is 13.1 Å². The fourth-order valence-electron chi connectivity index (χ4n) is 3.53. The Hall–Kier alpha value is -3.41. The molecule has 0 aliphatic heterocycles. The van der Waals surface area contributed by atoms with Crippen molar-refractivity contribution in [2.45, 2.75) is 51.6 Å². The predicted molar refractivity (Wildman–Crippen MR) is 166 cm³/mol. The molecule has 0 radical (unpaired) electrons. The molecule has 13 heteroatoms. The van der Waals surface area contributed by atoms with Crippen molar-refractivity contribution in [3.05, 3.63) is 93.5 Å². The lowest BCUT2D eigenvalue weighted by molar-refractivity contribution is -0.146. The van der Waals surface area contributed by atoms with Gasteiger partial charge in [0, 0.05) is 18.8 Å². The fraction of sp³-hybridized carbons (Fsp3) is 0.323. The molecular weight excluding hydrogens is 642 g/mol. The highest BCUT2D eigenvalue weighted by Gasteiger charge is 2.31. The minimum absolute atomic E-state index is 0.0246. The maximum Gasteiger partial charge on any atom is 0.416 e. The van der Waals surface area contributed by atoms with Gasteiger partial charge < -0.3 is 19.5 Å². The van der Waals surface area contributed by atoms with E-state index in [1.807, 2.05) is 23.1 Å². The van der Waals surface area contributed by atoms with Crippen LogP contribution in [0.15, 0.2) is 66.7 Å². The number of aliphatic carboxylic acids is 1. The Morgan fingerprint density at radius 1 is 0.932 bits per heavy atom. The number of carboxylic acids is 1. The van der Waals surface area contributed by atoms with Crippen molar-refractivity contribution >= 4 is 52.1 Å². The van der Waals surface area contributed by atoms with Gasteiger partial charge in [-0.25, -0.2) is 9.59 Å². The summed E-state index contributed by atoms with van der Waals surface area (Å²) in [5, 5.41) is 8.67. The van der Waals surface area contributed by atoms with E-state index in [4.69, 9.17) is 37.8 Å². The molecule has 0 fully saturated rings. The van der Waals surface area contributed by atoms with Gasteiger partial charge in [0.25, 0.3) is 5.24 Å². The van der Waals surface area contributed by atoms with Crippen LogP contribution < -0.4 is 4.74 Å². The zero-order valence-electron chi connectivity index (χ0n) is 24.2. The largest absolute Gasteiger partial charge is 0.479 e. The van der Waals surface area contributed by atoms with Gasteiger partial charge in [-0.3, -0.25) is 4.79 Å². The molecule has 0 aromatic heterocycles. The molecule has 0 heterocycles. The third kappa shape index (κ3) is 11.9. The van der Waals surface area contributed by atoms with Crippen molar-refractivity contribution < 1.29 is 42.1 Å². The topological polar surface area (TPSA) is 93.1 Å². The summed E-state index contributed by atoms with van der Waals surface area (Å²) >= 11 is 13.1. The molecule has 0 bridgehead atoms. The summed E-state index contributed by atoms with van der Waals surface area (Å²) in [6.07, 6.45) is -3.90. The summed E-state index contributed by atoms with van der Waals surface area (Å²) < 4.78 is 48.1. The van der Waals surface area contributed by atoms with Gasteiger partial charge in [0.15, 0.2) is 6.10 Å². The van der Waals surface area contributed by atoms with Crippen LogP contribution in [-0.2, 0) is 21.5 Å². The van der Waals surface area contributed by atoms with E-state index in [2.05, 4.69) is 26.0 Å². The van der Waals surface area contributed by atoms with E-state index in [0.29, 0.717) is 6.07 Å². The monoisotopic (exact) mass is 673 g/mol. The number of benzene rings is 3. The van der Waals surface area contributed by atoms with E-state index >= 15 is 0 Å². The number of thioether (sulfide) groups is 1. The second-order valence-corrected chi connectivity index (χ2v) is 11.0. The van der Waals surface area contributed by atoms with Crippen LogP contribution in [0.4, 0.5) is 18.0 Å². The van der Waals surface area contributed by atoms with Crippen molar-refractivity contribution in [3.63, 3.8) is 0 Å². The molecule has 3 aromatic carbocycles. The lowest BCUT2D eigenvalue weighted by Gasteiger charge is -2.20. The lowest BCUT2D eigenvalue weighted by Crippen LogP contribution is -2.29. The summed E-state index contributed by atoms with van der Waals surface area (Å²) in [7, 11) is 0. The fourth-order valence-corrected chi connectivity index (χ4v) is 4.79. The van der Waals surface area contributed by atoms with E-state index in [9.17, 15) is 27.6 Å². The summed E-state index contributed by atoms with van der Waals surface area (Å²) in [6, 6.07) is 16.5. The zero-order chi connectivity index (χ0) is 32.9. The number of carbonyl (C=O) groups is 3. The van der Waals surface area contributed by atoms with Crippen LogP contribution in [0.1, 0.15) is 55.1 Å². The number of nitrogens with zero attached hydrogens (tertiary/aromatic N) is 1. The van der Waals surface area contributed by atoms with Gasteiger partial charge in [-0.2, -0.15) is 13.2 Å². The molecule has 1 N–H and O–H groups in total. The van der Waals surface area contributed by atoms with Gasteiger partial charge in [-0.15, -0.1) is 0 Å². The van der Waals surface area contributed by atoms with E-state index in [-0.39, 0.29) is 32.3 Å². The van der Waals surface area contributed by atoms with Gasteiger partial charge in [0.05, 0.1) is 21.2 Å². The smallest absolute Gasteiger partial charge is 0.416 e.